The Kier molecular flexibility index (Phi) is 2.31. The highest BCUT2D eigenvalue weighted by Crippen LogP contribution is 2.07. The van der Waals surface area contributed by atoms with E-state index < -0.39 is 0 Å². The predicted molar refractivity (Wildman–Crippen MR) is 41.5 cm³/mol. The minimum atomic E-state index is -0.144. The van der Waals surface area contributed by atoms with Gasteiger partial charge >= 0.3 is 0 Å². The van der Waals surface area contributed by atoms with Gasteiger partial charge in [0.05, 0.1) is 6.26 Å². The van der Waals surface area contributed by atoms with Gasteiger partial charge in [-0.05, 0) is 19.9 Å². The zero-order chi connectivity index (χ0) is 8.27. The normalized spacial score (nSPS) is 9.64. The van der Waals surface area contributed by atoms with Crippen molar-refractivity contribution in [1.29, 1.82) is 0 Å². The summed E-state index contributed by atoms with van der Waals surface area (Å²) in [4.78, 5) is 11.1. The van der Waals surface area contributed by atoms with Gasteiger partial charge in [0.2, 0.25) is 0 Å². The van der Waals surface area contributed by atoms with Crippen molar-refractivity contribution >= 4 is 5.91 Å². The van der Waals surface area contributed by atoms with Crippen LogP contribution in [-0.2, 0) is 0 Å². The van der Waals surface area contributed by atoms with Crippen LogP contribution in [0.5, 0.6) is 0 Å². The highest BCUT2D eigenvalue weighted by atomic mass is 16.3. The van der Waals surface area contributed by atoms with Crippen molar-refractivity contribution in [2.45, 2.75) is 13.8 Å². The van der Waals surface area contributed by atoms with E-state index in [-0.39, 0.29) is 5.91 Å². The highest BCUT2D eigenvalue weighted by Gasteiger charge is 2.09. The van der Waals surface area contributed by atoms with Gasteiger partial charge in [-0.3, -0.25) is 4.79 Å². The van der Waals surface area contributed by atoms with Crippen LogP contribution in [0.3, 0.4) is 0 Å². The van der Waals surface area contributed by atoms with E-state index in [0.717, 1.165) is 5.56 Å². The second kappa shape index (κ2) is 3.23. The van der Waals surface area contributed by atoms with Gasteiger partial charge < -0.3 is 9.73 Å². The fourth-order valence-corrected chi connectivity index (χ4v) is 0.846. The molecule has 3 nitrogen and oxygen atoms in total. The Morgan fingerprint density at radius 1 is 1.73 bits per heavy atom. The summed E-state index contributed by atoms with van der Waals surface area (Å²) >= 11 is 0. The van der Waals surface area contributed by atoms with E-state index in [1.807, 2.05) is 13.8 Å². The fourth-order valence-electron chi connectivity index (χ4n) is 0.846. The van der Waals surface area contributed by atoms with Crippen molar-refractivity contribution in [2.24, 2.45) is 0 Å². The molecule has 60 valence electrons. The van der Waals surface area contributed by atoms with Gasteiger partial charge in [0.25, 0.3) is 5.91 Å². The van der Waals surface area contributed by atoms with Crippen molar-refractivity contribution < 1.29 is 9.21 Å². The summed E-state index contributed by atoms with van der Waals surface area (Å²) in [7, 11) is 0. The first kappa shape index (κ1) is 7.85. The maximum Gasteiger partial charge on any atom is 0.287 e. The average Bonchev–Trinajstić information content (AvgIpc) is 2.36. The van der Waals surface area contributed by atoms with Crippen LogP contribution in [0.4, 0.5) is 0 Å². The molecule has 3 heteroatoms. The van der Waals surface area contributed by atoms with Crippen molar-refractivity contribution in [3.63, 3.8) is 0 Å². The molecule has 0 aliphatic carbocycles. The van der Waals surface area contributed by atoms with Gasteiger partial charge in [-0.2, -0.15) is 0 Å². The maximum absolute atomic E-state index is 11.1. The van der Waals surface area contributed by atoms with E-state index in [1.54, 1.807) is 6.07 Å². The molecule has 0 aromatic carbocycles. The first-order valence-electron chi connectivity index (χ1n) is 3.58. The zero-order valence-electron chi connectivity index (χ0n) is 6.68. The number of aryl methyl sites for hydroxylation is 1. The molecule has 0 aliphatic heterocycles. The number of carbonyl (C=O) groups excluding carboxylic acids is 1. The van der Waals surface area contributed by atoms with Crippen LogP contribution in [0.2, 0.25) is 0 Å². The van der Waals surface area contributed by atoms with E-state index >= 15 is 0 Å². The Morgan fingerprint density at radius 3 is 2.91 bits per heavy atom. The summed E-state index contributed by atoms with van der Waals surface area (Å²) in [6.45, 7) is 4.34. The Hall–Kier alpha value is -1.25. The van der Waals surface area contributed by atoms with Gasteiger partial charge in [-0.1, -0.05) is 0 Å². The van der Waals surface area contributed by atoms with Crippen molar-refractivity contribution in [1.82, 2.24) is 5.32 Å². The molecule has 0 aliphatic rings. The number of carbonyl (C=O) groups is 1. The second-order valence-electron chi connectivity index (χ2n) is 2.29. The van der Waals surface area contributed by atoms with E-state index in [0.29, 0.717) is 12.3 Å². The van der Waals surface area contributed by atoms with Crippen LogP contribution >= 0.6 is 0 Å². The zero-order valence-corrected chi connectivity index (χ0v) is 6.68. The number of hydrogen-bond acceptors (Lipinski definition) is 2. The van der Waals surface area contributed by atoms with E-state index in [9.17, 15) is 4.79 Å². The summed E-state index contributed by atoms with van der Waals surface area (Å²) in [5.74, 6) is 0.266. The van der Waals surface area contributed by atoms with Crippen LogP contribution in [-0.4, -0.2) is 12.5 Å². The minimum absolute atomic E-state index is 0.144. The van der Waals surface area contributed by atoms with Gasteiger partial charge in [0, 0.05) is 12.1 Å². The van der Waals surface area contributed by atoms with Gasteiger partial charge in [0.15, 0.2) is 5.76 Å². The summed E-state index contributed by atoms with van der Waals surface area (Å²) in [6, 6.07) is 1.77. The van der Waals surface area contributed by atoms with Crippen molar-refractivity contribution in [3.05, 3.63) is 23.7 Å². The highest BCUT2D eigenvalue weighted by molar-refractivity contribution is 5.92. The molecular weight excluding hydrogens is 142 g/mol. The van der Waals surface area contributed by atoms with Crippen LogP contribution in [0.1, 0.15) is 23.0 Å². The number of nitrogens with one attached hydrogen (secondary N) is 1. The number of amides is 1. The van der Waals surface area contributed by atoms with Crippen LogP contribution in [0.15, 0.2) is 16.7 Å². The summed E-state index contributed by atoms with van der Waals surface area (Å²) in [5.41, 5.74) is 0.871. The molecule has 1 amide bonds. The van der Waals surface area contributed by atoms with E-state index in [2.05, 4.69) is 5.32 Å². The lowest BCUT2D eigenvalue weighted by Crippen LogP contribution is -2.22. The quantitative estimate of drug-likeness (QED) is 0.696. The Bertz CT molecular complexity index is 252. The maximum atomic E-state index is 11.1. The molecule has 11 heavy (non-hydrogen) atoms. The van der Waals surface area contributed by atoms with Crippen LogP contribution in [0, 0.1) is 6.92 Å². The molecule has 0 radical (unpaired) electrons. The number of hydrogen-bond donors (Lipinski definition) is 1. The Balaban J connectivity index is 2.76. The number of furan rings is 1. The fraction of sp³-hybridized carbons (Fsp3) is 0.375. The largest absolute Gasteiger partial charge is 0.459 e. The molecule has 0 spiro atoms. The molecule has 0 saturated heterocycles. The molecule has 0 fully saturated rings. The Morgan fingerprint density at radius 2 is 2.45 bits per heavy atom. The third-order valence-corrected chi connectivity index (χ3v) is 1.41. The summed E-state index contributed by atoms with van der Waals surface area (Å²) in [6.07, 6.45) is 1.51. The Labute approximate surface area is 65.4 Å². The summed E-state index contributed by atoms with van der Waals surface area (Å²) in [5, 5.41) is 2.66. The third-order valence-electron chi connectivity index (χ3n) is 1.41. The third kappa shape index (κ3) is 1.61. The minimum Gasteiger partial charge on any atom is -0.459 e. The van der Waals surface area contributed by atoms with Crippen LogP contribution in [0.25, 0.3) is 0 Å². The second-order valence-corrected chi connectivity index (χ2v) is 2.29. The molecule has 0 atom stereocenters. The van der Waals surface area contributed by atoms with Gasteiger partial charge in [0.1, 0.15) is 0 Å². The molecule has 1 N–H and O–H groups in total. The molecule has 0 saturated carbocycles. The molecule has 1 heterocycles. The van der Waals surface area contributed by atoms with Gasteiger partial charge in [-0.15, -0.1) is 0 Å². The standard InChI is InChI=1S/C8H11NO2/c1-3-9-8(10)7-6(2)4-5-11-7/h4-5H,3H2,1-2H3,(H,9,10). The monoisotopic (exact) mass is 153 g/mol. The lowest BCUT2D eigenvalue weighted by Gasteiger charge is -1.97. The average molecular weight is 153 g/mol. The van der Waals surface area contributed by atoms with Crippen LogP contribution < -0.4 is 5.32 Å². The lowest BCUT2D eigenvalue weighted by atomic mass is 10.3. The number of rotatable bonds is 2. The first-order chi connectivity index (χ1) is 5.25. The van der Waals surface area contributed by atoms with E-state index in [1.165, 1.54) is 6.26 Å². The SMILES string of the molecule is CCNC(=O)c1occc1C. The molecular formula is C8H11NO2. The lowest BCUT2D eigenvalue weighted by molar-refractivity contribution is 0.0927. The van der Waals surface area contributed by atoms with E-state index in [4.69, 9.17) is 4.42 Å². The first-order valence-corrected chi connectivity index (χ1v) is 3.58. The summed E-state index contributed by atoms with van der Waals surface area (Å²) < 4.78 is 4.97. The molecule has 0 unspecified atom stereocenters. The van der Waals surface area contributed by atoms with Gasteiger partial charge in [-0.25, -0.2) is 0 Å². The smallest absolute Gasteiger partial charge is 0.287 e. The molecule has 1 rings (SSSR count). The topological polar surface area (TPSA) is 42.2 Å². The molecule has 1 aromatic heterocycles. The van der Waals surface area contributed by atoms with Crippen molar-refractivity contribution in [3.8, 4) is 0 Å². The van der Waals surface area contributed by atoms with Crippen molar-refractivity contribution in [2.75, 3.05) is 6.54 Å². The molecule has 1 aromatic rings. The predicted octanol–water partition coefficient (Wildman–Crippen LogP) is 1.34. The molecule has 0 bridgehead atoms.